The van der Waals surface area contributed by atoms with Crippen LogP contribution in [-0.4, -0.2) is 48.2 Å². The van der Waals surface area contributed by atoms with E-state index in [1.54, 1.807) is 0 Å². The molecule has 7 heteroatoms. The molecule has 0 amide bonds. The normalized spacial score (nSPS) is 18.8. The number of hydrogen-bond acceptors (Lipinski definition) is 7. The van der Waals surface area contributed by atoms with Crippen molar-refractivity contribution < 1.29 is 0 Å². The zero-order valence-electron chi connectivity index (χ0n) is 17.3. The average Bonchev–Trinajstić information content (AvgIpc) is 2.77. The van der Waals surface area contributed by atoms with Crippen molar-refractivity contribution in [2.45, 2.75) is 63.5 Å². The third-order valence-corrected chi connectivity index (χ3v) is 6.00. The molecule has 1 aliphatic carbocycles. The van der Waals surface area contributed by atoms with Gasteiger partial charge in [-0.05, 0) is 63.9 Å². The van der Waals surface area contributed by atoms with Gasteiger partial charge in [-0.2, -0.15) is 4.98 Å². The fraction of sp³-hybridized carbons (Fsp3) is 0.636. The van der Waals surface area contributed by atoms with Crippen LogP contribution in [0.3, 0.4) is 0 Å². The highest BCUT2D eigenvalue weighted by Gasteiger charge is 2.16. The van der Waals surface area contributed by atoms with Crippen LogP contribution in [0.5, 0.6) is 0 Å². The predicted octanol–water partition coefficient (Wildman–Crippen LogP) is 3.02. The predicted molar refractivity (Wildman–Crippen MR) is 120 cm³/mol. The van der Waals surface area contributed by atoms with Gasteiger partial charge < -0.3 is 16.0 Å². The van der Waals surface area contributed by atoms with Crippen molar-refractivity contribution in [3.05, 3.63) is 24.3 Å². The monoisotopic (exact) mass is 397 g/mol. The van der Waals surface area contributed by atoms with E-state index in [-0.39, 0.29) is 0 Å². The number of nitrogens with one attached hydrogen (secondary N) is 5. The van der Waals surface area contributed by atoms with Crippen molar-refractivity contribution in [2.24, 2.45) is 0 Å². The Morgan fingerprint density at radius 1 is 0.897 bits per heavy atom. The van der Waals surface area contributed by atoms with Gasteiger partial charge in [-0.15, -0.1) is 0 Å². The van der Waals surface area contributed by atoms with Crippen LogP contribution in [0.15, 0.2) is 24.3 Å². The van der Waals surface area contributed by atoms with E-state index in [9.17, 15) is 0 Å². The number of piperidine rings is 1. The molecular formula is C22H35N7. The van der Waals surface area contributed by atoms with Crippen LogP contribution in [0.4, 0.5) is 11.8 Å². The molecule has 5 N–H and O–H groups in total. The number of rotatable bonds is 9. The second-order valence-electron chi connectivity index (χ2n) is 8.28. The van der Waals surface area contributed by atoms with Crippen LogP contribution >= 0.6 is 0 Å². The molecule has 1 aromatic heterocycles. The molecule has 7 nitrogen and oxygen atoms in total. The largest absolute Gasteiger partial charge is 0.367 e. The van der Waals surface area contributed by atoms with Gasteiger partial charge in [-0.1, -0.05) is 31.4 Å². The Kier molecular flexibility index (Phi) is 7.51. The highest BCUT2D eigenvalue weighted by atomic mass is 15.4. The number of hydrazine groups is 1. The molecule has 2 aromatic rings. The molecule has 0 spiro atoms. The number of benzene rings is 1. The van der Waals surface area contributed by atoms with Gasteiger partial charge >= 0.3 is 0 Å². The lowest BCUT2D eigenvalue weighted by Crippen LogP contribution is -2.35. The standard InChI is InChI=1S/C22H35N7/c1-2-7-17(8-3-1)24-13-6-14-25-29-22-27-20-10-5-4-9-19(20)21(28-22)26-18-11-15-23-16-12-18/h4-5,9-10,17-18,23-25H,1-3,6-8,11-16H2,(H2,26,27,28,29). The molecule has 1 saturated heterocycles. The van der Waals surface area contributed by atoms with Gasteiger partial charge in [-0.25, -0.2) is 10.4 Å². The van der Waals surface area contributed by atoms with Gasteiger partial charge in [0.1, 0.15) is 5.82 Å². The topological polar surface area (TPSA) is 85.9 Å². The Labute approximate surface area is 173 Å². The lowest BCUT2D eigenvalue weighted by atomic mass is 9.95. The van der Waals surface area contributed by atoms with E-state index in [4.69, 9.17) is 4.98 Å². The molecule has 2 heterocycles. The molecule has 158 valence electrons. The van der Waals surface area contributed by atoms with Crippen LogP contribution in [0, 0.1) is 0 Å². The fourth-order valence-electron chi connectivity index (χ4n) is 4.33. The van der Waals surface area contributed by atoms with Gasteiger partial charge in [0.25, 0.3) is 0 Å². The Balaban J connectivity index is 1.28. The smallest absolute Gasteiger partial charge is 0.239 e. The zero-order chi connectivity index (χ0) is 19.7. The lowest BCUT2D eigenvalue weighted by Gasteiger charge is -2.25. The highest BCUT2D eigenvalue weighted by Crippen LogP contribution is 2.23. The third kappa shape index (κ3) is 6.01. The fourth-order valence-corrected chi connectivity index (χ4v) is 4.33. The van der Waals surface area contributed by atoms with Crippen LogP contribution in [-0.2, 0) is 0 Å². The summed E-state index contributed by atoms with van der Waals surface area (Å²) in [5, 5.41) is 11.8. The summed E-state index contributed by atoms with van der Waals surface area (Å²) in [6.07, 6.45) is 10.2. The summed E-state index contributed by atoms with van der Waals surface area (Å²) in [4.78, 5) is 9.42. The quantitative estimate of drug-likeness (QED) is 0.328. The van der Waals surface area contributed by atoms with Crippen molar-refractivity contribution in [2.75, 3.05) is 36.9 Å². The molecule has 0 bridgehead atoms. The first-order valence-corrected chi connectivity index (χ1v) is 11.3. The number of para-hydroxylation sites is 1. The Morgan fingerprint density at radius 3 is 2.59 bits per heavy atom. The maximum atomic E-state index is 4.75. The first kappa shape index (κ1) is 20.3. The maximum Gasteiger partial charge on any atom is 0.239 e. The zero-order valence-corrected chi connectivity index (χ0v) is 17.3. The summed E-state index contributed by atoms with van der Waals surface area (Å²) in [5.74, 6) is 1.55. The van der Waals surface area contributed by atoms with E-state index in [1.807, 2.05) is 18.2 Å². The summed E-state index contributed by atoms with van der Waals surface area (Å²) < 4.78 is 0. The molecule has 1 aromatic carbocycles. The van der Waals surface area contributed by atoms with Gasteiger partial charge in [-0.3, -0.25) is 5.43 Å². The molecular weight excluding hydrogens is 362 g/mol. The van der Waals surface area contributed by atoms with Crippen LogP contribution in [0.1, 0.15) is 51.4 Å². The third-order valence-electron chi connectivity index (χ3n) is 6.00. The van der Waals surface area contributed by atoms with Crippen LogP contribution < -0.4 is 26.8 Å². The molecule has 1 aliphatic heterocycles. The van der Waals surface area contributed by atoms with Gasteiger partial charge in [0.2, 0.25) is 5.95 Å². The van der Waals surface area contributed by atoms with Crippen molar-refractivity contribution >= 4 is 22.7 Å². The van der Waals surface area contributed by atoms with Crippen molar-refractivity contribution in [1.29, 1.82) is 0 Å². The molecule has 2 aliphatic rings. The number of aromatic nitrogens is 2. The van der Waals surface area contributed by atoms with Crippen molar-refractivity contribution in [3.8, 4) is 0 Å². The average molecular weight is 398 g/mol. The maximum absolute atomic E-state index is 4.75. The number of nitrogens with zero attached hydrogens (tertiary/aromatic N) is 2. The molecule has 1 saturated carbocycles. The summed E-state index contributed by atoms with van der Waals surface area (Å²) in [6.45, 7) is 4.05. The second-order valence-corrected chi connectivity index (χ2v) is 8.28. The molecule has 0 atom stereocenters. The summed E-state index contributed by atoms with van der Waals surface area (Å²) >= 11 is 0. The lowest BCUT2D eigenvalue weighted by molar-refractivity contribution is 0.372. The minimum Gasteiger partial charge on any atom is -0.367 e. The first-order valence-electron chi connectivity index (χ1n) is 11.3. The number of hydrogen-bond donors (Lipinski definition) is 5. The molecule has 0 radical (unpaired) electrons. The molecule has 29 heavy (non-hydrogen) atoms. The van der Waals surface area contributed by atoms with E-state index >= 15 is 0 Å². The van der Waals surface area contributed by atoms with Crippen LogP contribution in [0.2, 0.25) is 0 Å². The van der Waals surface area contributed by atoms with Crippen molar-refractivity contribution in [1.82, 2.24) is 26.0 Å². The molecule has 0 unspecified atom stereocenters. The first-order chi connectivity index (χ1) is 14.4. The van der Waals surface area contributed by atoms with Crippen LogP contribution in [0.25, 0.3) is 10.9 Å². The van der Waals surface area contributed by atoms with E-state index in [0.29, 0.717) is 12.0 Å². The highest BCUT2D eigenvalue weighted by molar-refractivity contribution is 5.90. The molecule has 4 rings (SSSR count). The minimum atomic E-state index is 0.459. The summed E-state index contributed by atoms with van der Waals surface area (Å²) in [7, 11) is 0. The van der Waals surface area contributed by atoms with E-state index in [2.05, 4.69) is 37.9 Å². The molecule has 2 fully saturated rings. The summed E-state index contributed by atoms with van der Waals surface area (Å²) in [5.41, 5.74) is 7.44. The van der Waals surface area contributed by atoms with E-state index in [0.717, 1.165) is 68.2 Å². The Morgan fingerprint density at radius 2 is 1.72 bits per heavy atom. The van der Waals surface area contributed by atoms with Gasteiger partial charge in [0.05, 0.1) is 5.52 Å². The number of anilines is 2. The Hall–Kier alpha value is -1.96. The minimum absolute atomic E-state index is 0.459. The number of fused-ring (bicyclic) bond motifs is 1. The van der Waals surface area contributed by atoms with E-state index < -0.39 is 0 Å². The van der Waals surface area contributed by atoms with Gasteiger partial charge in [0, 0.05) is 24.0 Å². The summed E-state index contributed by atoms with van der Waals surface area (Å²) in [6, 6.07) is 9.39. The Bertz CT molecular complexity index is 754. The van der Waals surface area contributed by atoms with Crippen molar-refractivity contribution in [3.63, 3.8) is 0 Å². The van der Waals surface area contributed by atoms with E-state index in [1.165, 1.54) is 32.1 Å². The SMILES string of the molecule is c1ccc2c(NC3CCNCC3)nc(NNCCCNC3CCCCC3)nc2c1. The second kappa shape index (κ2) is 10.7. The van der Waals surface area contributed by atoms with Gasteiger partial charge in [0.15, 0.2) is 0 Å².